The van der Waals surface area contributed by atoms with Crippen molar-refractivity contribution in [3.05, 3.63) is 29.3 Å². The first-order valence-corrected chi connectivity index (χ1v) is 4.69. The highest BCUT2D eigenvalue weighted by Gasteiger charge is 2.03. The summed E-state index contributed by atoms with van der Waals surface area (Å²) in [7, 11) is 0. The van der Waals surface area contributed by atoms with E-state index >= 15 is 0 Å². The molecule has 0 aliphatic rings. The number of benzene rings is 1. The summed E-state index contributed by atoms with van der Waals surface area (Å²) < 4.78 is 5.34. The van der Waals surface area contributed by atoms with E-state index in [1.807, 2.05) is 0 Å². The lowest BCUT2D eigenvalue weighted by Crippen LogP contribution is -2.07. The summed E-state index contributed by atoms with van der Waals surface area (Å²) in [6, 6.07) is 4.69. The van der Waals surface area contributed by atoms with Crippen molar-refractivity contribution in [1.82, 2.24) is 0 Å². The van der Waals surface area contributed by atoms with Gasteiger partial charge in [0.15, 0.2) is 6.29 Å². The van der Waals surface area contributed by atoms with Crippen LogP contribution in [0.15, 0.2) is 18.2 Å². The maximum atomic E-state index is 10.7. The third-order valence-electron chi connectivity index (χ3n) is 1.91. The van der Waals surface area contributed by atoms with Gasteiger partial charge in [-0.25, -0.2) is 0 Å². The normalized spacial score (nSPS) is 9.67. The van der Waals surface area contributed by atoms with Crippen LogP contribution in [0.1, 0.15) is 27.1 Å². The molecule has 0 aliphatic heterocycles. The second-order valence-electron chi connectivity index (χ2n) is 3.02. The van der Waals surface area contributed by atoms with Gasteiger partial charge < -0.3 is 10.5 Å². The lowest BCUT2D eigenvalue weighted by molar-refractivity contribution is 0.110. The fourth-order valence-corrected chi connectivity index (χ4v) is 1.11. The Hall–Kier alpha value is -1.68. The van der Waals surface area contributed by atoms with Gasteiger partial charge in [-0.2, -0.15) is 0 Å². The number of hydrogen-bond acceptors (Lipinski definition) is 4. The van der Waals surface area contributed by atoms with Crippen LogP contribution >= 0.6 is 0 Å². The molecular weight excluding hydrogens is 194 g/mol. The zero-order valence-corrected chi connectivity index (χ0v) is 8.31. The van der Waals surface area contributed by atoms with Gasteiger partial charge in [0.1, 0.15) is 12.0 Å². The number of ether oxygens (including phenoxy) is 1. The molecule has 0 radical (unpaired) electrons. The maximum Gasteiger partial charge on any atom is 0.153 e. The Morgan fingerprint density at radius 2 is 2.07 bits per heavy atom. The molecule has 0 heterocycles. The van der Waals surface area contributed by atoms with E-state index in [-0.39, 0.29) is 0 Å². The average molecular weight is 207 g/mol. The largest absolute Gasteiger partial charge is 0.493 e. The van der Waals surface area contributed by atoms with Crippen molar-refractivity contribution in [2.75, 3.05) is 13.2 Å². The van der Waals surface area contributed by atoms with Crippen molar-refractivity contribution >= 4 is 12.6 Å². The zero-order valence-electron chi connectivity index (χ0n) is 8.31. The molecule has 0 saturated carbocycles. The number of rotatable bonds is 6. The first-order valence-electron chi connectivity index (χ1n) is 4.69. The lowest BCUT2D eigenvalue weighted by Gasteiger charge is -2.07. The van der Waals surface area contributed by atoms with Crippen molar-refractivity contribution < 1.29 is 14.3 Å². The molecule has 4 heteroatoms. The van der Waals surface area contributed by atoms with Crippen LogP contribution in [0.5, 0.6) is 5.75 Å². The molecule has 15 heavy (non-hydrogen) atoms. The van der Waals surface area contributed by atoms with Gasteiger partial charge >= 0.3 is 0 Å². The molecule has 0 aliphatic carbocycles. The first kappa shape index (κ1) is 11.4. The van der Waals surface area contributed by atoms with Gasteiger partial charge in [0.25, 0.3) is 0 Å². The number of nitrogens with two attached hydrogens (primary N) is 1. The quantitative estimate of drug-likeness (QED) is 0.559. The standard InChI is InChI=1S/C11H13NO3/c12-4-1-5-15-11-6-9(7-13)2-3-10(11)8-14/h2-3,6-8H,1,4-5,12H2. The van der Waals surface area contributed by atoms with Crippen LogP contribution in [0.3, 0.4) is 0 Å². The van der Waals surface area contributed by atoms with E-state index in [0.717, 1.165) is 0 Å². The molecule has 0 atom stereocenters. The van der Waals surface area contributed by atoms with Gasteiger partial charge in [0.05, 0.1) is 12.2 Å². The molecule has 80 valence electrons. The van der Waals surface area contributed by atoms with Crippen molar-refractivity contribution in [2.45, 2.75) is 6.42 Å². The predicted molar refractivity (Wildman–Crippen MR) is 56.4 cm³/mol. The van der Waals surface area contributed by atoms with Crippen LogP contribution < -0.4 is 10.5 Å². The van der Waals surface area contributed by atoms with Crippen LogP contribution in [-0.2, 0) is 0 Å². The number of carbonyl (C=O) groups excluding carboxylic acids is 2. The van der Waals surface area contributed by atoms with E-state index in [2.05, 4.69) is 0 Å². The number of carbonyl (C=O) groups is 2. The molecule has 1 aromatic carbocycles. The molecule has 4 nitrogen and oxygen atoms in total. The summed E-state index contributed by atoms with van der Waals surface area (Å²) in [6.07, 6.45) is 2.13. The summed E-state index contributed by atoms with van der Waals surface area (Å²) in [5.41, 5.74) is 6.25. The highest BCUT2D eigenvalue weighted by Crippen LogP contribution is 2.18. The van der Waals surface area contributed by atoms with Gasteiger partial charge in [-0.3, -0.25) is 9.59 Å². The van der Waals surface area contributed by atoms with E-state index in [0.29, 0.717) is 49.0 Å². The minimum Gasteiger partial charge on any atom is -0.493 e. The Bertz CT molecular complexity index is 350. The highest BCUT2D eigenvalue weighted by molar-refractivity contribution is 5.83. The summed E-state index contributed by atoms with van der Waals surface area (Å²) in [5.74, 6) is 0.433. The summed E-state index contributed by atoms with van der Waals surface area (Å²) in [5, 5.41) is 0. The molecular formula is C11H13NO3. The van der Waals surface area contributed by atoms with Crippen LogP contribution in [-0.4, -0.2) is 25.7 Å². The van der Waals surface area contributed by atoms with E-state index in [1.165, 1.54) is 0 Å². The van der Waals surface area contributed by atoms with Crippen molar-refractivity contribution in [3.8, 4) is 5.75 Å². The van der Waals surface area contributed by atoms with E-state index in [4.69, 9.17) is 10.5 Å². The minimum absolute atomic E-state index is 0.433. The van der Waals surface area contributed by atoms with Gasteiger partial charge in [-0.05, 0) is 25.1 Å². The molecule has 2 N–H and O–H groups in total. The van der Waals surface area contributed by atoms with Crippen LogP contribution in [0.25, 0.3) is 0 Å². The molecule has 0 bridgehead atoms. The summed E-state index contributed by atoms with van der Waals surface area (Å²) >= 11 is 0. The van der Waals surface area contributed by atoms with E-state index < -0.39 is 0 Å². The summed E-state index contributed by atoms with van der Waals surface area (Å²) in [6.45, 7) is 0.976. The SMILES string of the molecule is NCCCOc1cc(C=O)ccc1C=O. The van der Waals surface area contributed by atoms with Gasteiger partial charge in [-0.15, -0.1) is 0 Å². The van der Waals surface area contributed by atoms with Crippen molar-refractivity contribution in [1.29, 1.82) is 0 Å². The Labute approximate surface area is 88.0 Å². The smallest absolute Gasteiger partial charge is 0.153 e. The monoisotopic (exact) mass is 207 g/mol. The van der Waals surface area contributed by atoms with Crippen LogP contribution in [0.4, 0.5) is 0 Å². The van der Waals surface area contributed by atoms with Gasteiger partial charge in [0.2, 0.25) is 0 Å². The molecule has 0 fully saturated rings. The Balaban J connectivity index is 2.81. The second-order valence-corrected chi connectivity index (χ2v) is 3.02. The van der Waals surface area contributed by atoms with Gasteiger partial charge in [-0.1, -0.05) is 6.07 Å². The topological polar surface area (TPSA) is 69.4 Å². The first-order chi connectivity index (χ1) is 7.31. The fraction of sp³-hybridized carbons (Fsp3) is 0.273. The maximum absolute atomic E-state index is 10.7. The molecule has 0 aromatic heterocycles. The van der Waals surface area contributed by atoms with E-state index in [9.17, 15) is 9.59 Å². The third-order valence-corrected chi connectivity index (χ3v) is 1.91. The Kier molecular flexibility index (Phi) is 4.50. The van der Waals surface area contributed by atoms with Crippen molar-refractivity contribution in [2.24, 2.45) is 5.73 Å². The Morgan fingerprint density at radius 3 is 2.67 bits per heavy atom. The molecule has 1 aromatic rings. The average Bonchev–Trinajstić information content (AvgIpc) is 2.29. The molecule has 1 rings (SSSR count). The van der Waals surface area contributed by atoms with Gasteiger partial charge in [0, 0.05) is 5.56 Å². The molecule has 0 spiro atoms. The minimum atomic E-state index is 0.433. The number of hydrogen-bond donors (Lipinski definition) is 1. The highest BCUT2D eigenvalue weighted by atomic mass is 16.5. The third kappa shape index (κ3) is 3.18. The number of aldehydes is 2. The van der Waals surface area contributed by atoms with E-state index in [1.54, 1.807) is 18.2 Å². The fourth-order valence-electron chi connectivity index (χ4n) is 1.11. The molecule has 0 unspecified atom stereocenters. The molecule has 0 amide bonds. The van der Waals surface area contributed by atoms with Crippen LogP contribution in [0, 0.1) is 0 Å². The lowest BCUT2D eigenvalue weighted by atomic mass is 10.1. The second kappa shape index (κ2) is 5.93. The molecule has 0 saturated heterocycles. The Morgan fingerprint density at radius 1 is 1.27 bits per heavy atom. The zero-order chi connectivity index (χ0) is 11.1. The summed E-state index contributed by atoms with van der Waals surface area (Å²) in [4.78, 5) is 21.2. The van der Waals surface area contributed by atoms with Crippen LogP contribution in [0.2, 0.25) is 0 Å². The van der Waals surface area contributed by atoms with Crippen molar-refractivity contribution in [3.63, 3.8) is 0 Å². The predicted octanol–water partition coefficient (Wildman–Crippen LogP) is 1.04.